The smallest absolute Gasteiger partial charge is 0.120 e. The monoisotopic (exact) mass is 289 g/mol. The third-order valence-electron chi connectivity index (χ3n) is 4.08. The van der Waals surface area contributed by atoms with Gasteiger partial charge in [-0.15, -0.1) is 6.58 Å². The van der Waals surface area contributed by atoms with Crippen LogP contribution in [0.25, 0.3) is 0 Å². The molecular weight excluding hydrogens is 262 g/mol. The van der Waals surface area contributed by atoms with E-state index in [0.29, 0.717) is 6.04 Å². The fourth-order valence-corrected chi connectivity index (χ4v) is 2.75. The van der Waals surface area contributed by atoms with Crippen molar-refractivity contribution in [3.63, 3.8) is 0 Å². The zero-order valence-corrected chi connectivity index (χ0v) is 13.2. The lowest BCUT2D eigenvalue weighted by atomic mass is 10.2. The van der Waals surface area contributed by atoms with Gasteiger partial charge in [-0.05, 0) is 19.1 Å². The predicted molar refractivity (Wildman–Crippen MR) is 89.3 cm³/mol. The molecule has 0 radical (unpaired) electrons. The standard InChI is InChI=1S/C17H27N3O/c1-4-8-18-14-15(2)19-9-11-20(12-10-19)16-6-5-7-17(13-16)21-3/h4-7,13,15,18H,1,8-12,14H2,2-3H3. The van der Waals surface area contributed by atoms with Gasteiger partial charge in [0.2, 0.25) is 0 Å². The van der Waals surface area contributed by atoms with Crippen molar-refractivity contribution in [1.82, 2.24) is 10.2 Å². The molecule has 4 nitrogen and oxygen atoms in total. The second kappa shape index (κ2) is 8.05. The van der Waals surface area contributed by atoms with Gasteiger partial charge in [-0.25, -0.2) is 0 Å². The maximum absolute atomic E-state index is 5.31. The minimum Gasteiger partial charge on any atom is -0.497 e. The number of methoxy groups -OCH3 is 1. The van der Waals surface area contributed by atoms with Crippen LogP contribution >= 0.6 is 0 Å². The van der Waals surface area contributed by atoms with Gasteiger partial charge in [-0.1, -0.05) is 12.1 Å². The summed E-state index contributed by atoms with van der Waals surface area (Å²) in [4.78, 5) is 4.98. The minimum atomic E-state index is 0.567. The van der Waals surface area contributed by atoms with Crippen molar-refractivity contribution >= 4 is 5.69 Å². The Kier molecular flexibility index (Phi) is 6.08. The van der Waals surface area contributed by atoms with Gasteiger partial charge in [0.1, 0.15) is 5.75 Å². The van der Waals surface area contributed by atoms with Crippen LogP contribution in [0.4, 0.5) is 5.69 Å². The van der Waals surface area contributed by atoms with Crippen LogP contribution in [0.3, 0.4) is 0 Å². The van der Waals surface area contributed by atoms with Crippen LogP contribution in [-0.4, -0.2) is 57.3 Å². The van der Waals surface area contributed by atoms with Crippen molar-refractivity contribution < 1.29 is 4.74 Å². The Morgan fingerprint density at radius 2 is 2.10 bits per heavy atom. The number of hydrogen-bond acceptors (Lipinski definition) is 4. The summed E-state index contributed by atoms with van der Waals surface area (Å²) >= 11 is 0. The van der Waals surface area contributed by atoms with E-state index < -0.39 is 0 Å². The van der Waals surface area contributed by atoms with Crippen molar-refractivity contribution in [1.29, 1.82) is 0 Å². The normalized spacial score (nSPS) is 17.5. The van der Waals surface area contributed by atoms with E-state index in [4.69, 9.17) is 4.74 Å². The molecule has 1 aromatic rings. The molecular formula is C17H27N3O. The number of nitrogens with one attached hydrogen (secondary N) is 1. The first-order valence-corrected chi connectivity index (χ1v) is 7.69. The van der Waals surface area contributed by atoms with E-state index in [1.54, 1.807) is 7.11 Å². The first-order valence-electron chi connectivity index (χ1n) is 7.69. The molecule has 1 unspecified atom stereocenters. The largest absolute Gasteiger partial charge is 0.497 e. The summed E-state index contributed by atoms with van der Waals surface area (Å²) in [7, 11) is 1.72. The number of anilines is 1. The Bertz CT molecular complexity index is 441. The van der Waals surface area contributed by atoms with Crippen LogP contribution in [0.15, 0.2) is 36.9 Å². The highest BCUT2D eigenvalue weighted by Gasteiger charge is 2.21. The molecule has 0 aliphatic carbocycles. The summed E-state index contributed by atoms with van der Waals surface area (Å²) in [5, 5.41) is 3.40. The van der Waals surface area contributed by atoms with Crippen molar-refractivity contribution in [2.75, 3.05) is 51.3 Å². The molecule has 1 saturated heterocycles. The molecule has 1 heterocycles. The van der Waals surface area contributed by atoms with Gasteiger partial charge in [-0.3, -0.25) is 4.90 Å². The van der Waals surface area contributed by atoms with Gasteiger partial charge in [0.15, 0.2) is 0 Å². The van der Waals surface area contributed by atoms with Crippen molar-refractivity contribution in [3.8, 4) is 5.75 Å². The zero-order valence-electron chi connectivity index (χ0n) is 13.2. The van der Waals surface area contributed by atoms with Crippen LogP contribution in [0.1, 0.15) is 6.92 Å². The fourth-order valence-electron chi connectivity index (χ4n) is 2.75. The number of piperazine rings is 1. The summed E-state index contributed by atoms with van der Waals surface area (Å²) in [6, 6.07) is 8.89. The Morgan fingerprint density at radius 3 is 2.76 bits per heavy atom. The maximum atomic E-state index is 5.31. The molecule has 0 amide bonds. The van der Waals surface area contributed by atoms with Gasteiger partial charge < -0.3 is 15.0 Å². The summed E-state index contributed by atoms with van der Waals surface area (Å²) in [6.45, 7) is 12.3. The van der Waals surface area contributed by atoms with Gasteiger partial charge in [0.25, 0.3) is 0 Å². The van der Waals surface area contributed by atoms with Gasteiger partial charge in [0.05, 0.1) is 7.11 Å². The van der Waals surface area contributed by atoms with E-state index in [1.807, 2.05) is 12.1 Å². The predicted octanol–water partition coefficient (Wildman–Crippen LogP) is 1.98. The Morgan fingerprint density at radius 1 is 1.33 bits per heavy atom. The van der Waals surface area contributed by atoms with Gasteiger partial charge in [-0.2, -0.15) is 0 Å². The molecule has 2 rings (SSSR count). The van der Waals surface area contributed by atoms with E-state index >= 15 is 0 Å². The molecule has 1 aliphatic rings. The Balaban J connectivity index is 1.83. The third kappa shape index (κ3) is 4.48. The molecule has 1 N–H and O–H groups in total. The topological polar surface area (TPSA) is 27.7 Å². The maximum Gasteiger partial charge on any atom is 0.120 e. The average molecular weight is 289 g/mol. The Labute approximate surface area is 128 Å². The molecule has 1 aromatic carbocycles. The highest BCUT2D eigenvalue weighted by atomic mass is 16.5. The number of rotatable bonds is 7. The second-order valence-corrected chi connectivity index (χ2v) is 5.52. The van der Waals surface area contributed by atoms with Crippen LogP contribution in [0.5, 0.6) is 5.75 Å². The Hall–Kier alpha value is -1.52. The molecule has 1 aliphatic heterocycles. The number of hydrogen-bond donors (Lipinski definition) is 1. The minimum absolute atomic E-state index is 0.567. The van der Waals surface area contributed by atoms with E-state index in [-0.39, 0.29) is 0 Å². The molecule has 0 saturated carbocycles. The summed E-state index contributed by atoms with van der Waals surface area (Å²) in [5.41, 5.74) is 1.26. The van der Waals surface area contributed by atoms with Crippen molar-refractivity contribution in [3.05, 3.63) is 36.9 Å². The highest BCUT2D eigenvalue weighted by Crippen LogP contribution is 2.22. The van der Waals surface area contributed by atoms with Crippen molar-refractivity contribution in [2.45, 2.75) is 13.0 Å². The molecule has 116 valence electrons. The summed E-state index contributed by atoms with van der Waals surface area (Å²) in [5.74, 6) is 0.928. The first-order chi connectivity index (χ1) is 10.2. The van der Waals surface area contributed by atoms with Crippen LogP contribution in [0, 0.1) is 0 Å². The van der Waals surface area contributed by atoms with E-state index in [1.165, 1.54) is 5.69 Å². The first kappa shape index (κ1) is 15.9. The lowest BCUT2D eigenvalue weighted by Crippen LogP contribution is -2.52. The second-order valence-electron chi connectivity index (χ2n) is 5.52. The van der Waals surface area contributed by atoms with Gasteiger partial charge in [0, 0.05) is 57.1 Å². The number of nitrogens with zero attached hydrogens (tertiary/aromatic N) is 2. The fraction of sp³-hybridized carbons (Fsp3) is 0.529. The lowest BCUT2D eigenvalue weighted by molar-refractivity contribution is 0.194. The molecule has 0 spiro atoms. The van der Waals surface area contributed by atoms with Crippen molar-refractivity contribution in [2.24, 2.45) is 0 Å². The van der Waals surface area contributed by atoms with Gasteiger partial charge >= 0.3 is 0 Å². The third-order valence-corrected chi connectivity index (χ3v) is 4.08. The number of ether oxygens (including phenoxy) is 1. The van der Waals surface area contributed by atoms with E-state index in [9.17, 15) is 0 Å². The molecule has 0 bridgehead atoms. The van der Waals surface area contributed by atoms with Crippen LogP contribution in [0.2, 0.25) is 0 Å². The lowest BCUT2D eigenvalue weighted by Gasteiger charge is -2.39. The molecule has 1 atom stereocenters. The van der Waals surface area contributed by atoms with E-state index in [2.05, 4.69) is 46.8 Å². The quantitative estimate of drug-likeness (QED) is 0.613. The van der Waals surface area contributed by atoms with Crippen LogP contribution in [-0.2, 0) is 0 Å². The molecule has 0 aromatic heterocycles. The summed E-state index contributed by atoms with van der Waals surface area (Å²) in [6.07, 6.45) is 1.91. The molecule has 21 heavy (non-hydrogen) atoms. The van der Waals surface area contributed by atoms with E-state index in [0.717, 1.165) is 45.0 Å². The number of benzene rings is 1. The zero-order chi connectivity index (χ0) is 15.1. The summed E-state index contributed by atoms with van der Waals surface area (Å²) < 4.78 is 5.31. The average Bonchev–Trinajstić information content (AvgIpc) is 2.55. The molecule has 4 heteroatoms. The molecule has 1 fully saturated rings. The SMILES string of the molecule is C=CCNCC(C)N1CCN(c2cccc(OC)c2)CC1. The van der Waals surface area contributed by atoms with Crippen LogP contribution < -0.4 is 15.0 Å². The highest BCUT2D eigenvalue weighted by molar-refractivity contribution is 5.51.